The van der Waals surface area contributed by atoms with Gasteiger partial charge in [0.1, 0.15) is 5.75 Å². The highest BCUT2D eigenvalue weighted by molar-refractivity contribution is 6.30. The topological polar surface area (TPSA) is 36.0 Å². The van der Waals surface area contributed by atoms with E-state index in [-0.39, 0.29) is 5.41 Å². The predicted octanol–water partition coefficient (Wildman–Crippen LogP) is 5.21. The summed E-state index contributed by atoms with van der Waals surface area (Å²) in [5, 5.41) is 11.3. The second-order valence-electron chi connectivity index (χ2n) is 6.26. The molecular formula is C17H22ClNO. The second-order valence-corrected chi connectivity index (χ2v) is 6.70. The number of halogens is 1. The summed E-state index contributed by atoms with van der Waals surface area (Å²) in [6.45, 7) is 10.5. The van der Waals surface area contributed by atoms with Gasteiger partial charge in [-0.2, -0.15) is 0 Å². The molecule has 0 atom stereocenters. The quantitative estimate of drug-likeness (QED) is 0.783. The van der Waals surface area contributed by atoms with Crippen LogP contribution in [0.25, 0.3) is 11.3 Å². The third-order valence-electron chi connectivity index (χ3n) is 3.62. The zero-order chi connectivity index (χ0) is 15.1. The Kier molecular flexibility index (Phi) is 3.88. The summed E-state index contributed by atoms with van der Waals surface area (Å²) in [6.07, 6.45) is 0.861. The van der Waals surface area contributed by atoms with Gasteiger partial charge >= 0.3 is 0 Å². The molecule has 0 radical (unpaired) electrons. The molecule has 2 rings (SSSR count). The van der Waals surface area contributed by atoms with Gasteiger partial charge in [0.25, 0.3) is 0 Å². The first-order chi connectivity index (χ1) is 9.25. The number of H-pyrrole nitrogens is 1. The Balaban J connectivity index is 2.71. The van der Waals surface area contributed by atoms with Gasteiger partial charge in [0, 0.05) is 21.8 Å². The lowest BCUT2D eigenvalue weighted by atomic mass is 9.85. The lowest BCUT2D eigenvalue weighted by molar-refractivity contribution is 0.450. The molecule has 0 saturated heterocycles. The lowest BCUT2D eigenvalue weighted by Crippen LogP contribution is -2.12. The summed E-state index contributed by atoms with van der Waals surface area (Å²) in [4.78, 5) is 3.38. The number of benzene rings is 1. The summed E-state index contributed by atoms with van der Waals surface area (Å²) in [5.41, 5.74) is 4.80. The van der Waals surface area contributed by atoms with E-state index in [9.17, 15) is 5.11 Å². The summed E-state index contributed by atoms with van der Waals surface area (Å²) in [7, 11) is 0. The normalized spacial score (nSPS) is 11.9. The van der Waals surface area contributed by atoms with Gasteiger partial charge in [-0.05, 0) is 36.5 Å². The van der Waals surface area contributed by atoms with E-state index in [0.29, 0.717) is 10.8 Å². The Morgan fingerprint density at radius 2 is 1.90 bits per heavy atom. The van der Waals surface area contributed by atoms with Gasteiger partial charge in [-0.3, -0.25) is 0 Å². The molecular weight excluding hydrogens is 270 g/mol. The Hall–Kier alpha value is -1.41. The number of hydrogen-bond acceptors (Lipinski definition) is 1. The van der Waals surface area contributed by atoms with Crippen molar-refractivity contribution in [1.29, 1.82) is 0 Å². The minimum Gasteiger partial charge on any atom is -0.505 e. The fourth-order valence-electron chi connectivity index (χ4n) is 2.67. The van der Waals surface area contributed by atoms with E-state index in [2.05, 4.69) is 32.7 Å². The zero-order valence-electron chi connectivity index (χ0n) is 12.8. The van der Waals surface area contributed by atoms with Crippen molar-refractivity contribution in [3.63, 3.8) is 0 Å². The highest BCUT2D eigenvalue weighted by Crippen LogP contribution is 2.42. The summed E-state index contributed by atoms with van der Waals surface area (Å²) < 4.78 is 0. The van der Waals surface area contributed by atoms with Gasteiger partial charge in [0.05, 0.1) is 5.69 Å². The van der Waals surface area contributed by atoms with Gasteiger partial charge in [0.2, 0.25) is 0 Å². The van der Waals surface area contributed by atoms with Crippen LogP contribution >= 0.6 is 11.6 Å². The highest BCUT2D eigenvalue weighted by atomic mass is 35.5. The predicted molar refractivity (Wildman–Crippen MR) is 85.7 cm³/mol. The largest absolute Gasteiger partial charge is 0.505 e. The number of aromatic amines is 1. The van der Waals surface area contributed by atoms with E-state index in [1.165, 1.54) is 0 Å². The molecule has 0 aliphatic heterocycles. The molecule has 1 aromatic carbocycles. The van der Waals surface area contributed by atoms with Crippen molar-refractivity contribution in [2.45, 2.75) is 46.5 Å². The van der Waals surface area contributed by atoms with Crippen molar-refractivity contribution in [2.24, 2.45) is 0 Å². The first-order valence-corrected chi connectivity index (χ1v) is 7.34. The van der Waals surface area contributed by atoms with Gasteiger partial charge in [-0.25, -0.2) is 0 Å². The van der Waals surface area contributed by atoms with Crippen LogP contribution in [0.4, 0.5) is 0 Å². The molecule has 0 bridgehead atoms. The Morgan fingerprint density at radius 3 is 2.40 bits per heavy atom. The molecule has 1 heterocycles. The number of aromatic nitrogens is 1. The van der Waals surface area contributed by atoms with Crippen LogP contribution in [0.15, 0.2) is 18.2 Å². The van der Waals surface area contributed by atoms with Crippen LogP contribution < -0.4 is 0 Å². The van der Waals surface area contributed by atoms with Crippen LogP contribution in [-0.4, -0.2) is 10.1 Å². The molecule has 20 heavy (non-hydrogen) atoms. The van der Waals surface area contributed by atoms with Crippen molar-refractivity contribution in [1.82, 2.24) is 4.98 Å². The molecule has 1 aromatic heterocycles. The molecule has 2 N–H and O–H groups in total. The Bertz CT molecular complexity index is 635. The summed E-state index contributed by atoms with van der Waals surface area (Å²) in [5.74, 6) is 0.347. The molecule has 3 heteroatoms. The van der Waals surface area contributed by atoms with Gasteiger partial charge in [0.15, 0.2) is 0 Å². The van der Waals surface area contributed by atoms with Crippen LogP contribution in [0.2, 0.25) is 5.02 Å². The van der Waals surface area contributed by atoms with Gasteiger partial charge < -0.3 is 10.1 Å². The molecule has 0 aliphatic carbocycles. The number of aromatic hydroxyl groups is 1. The molecule has 0 saturated carbocycles. The molecule has 2 aromatic rings. The maximum absolute atomic E-state index is 10.7. The first-order valence-electron chi connectivity index (χ1n) is 6.96. The van der Waals surface area contributed by atoms with Crippen LogP contribution in [-0.2, 0) is 11.8 Å². The molecule has 0 spiro atoms. The molecule has 0 aliphatic rings. The van der Waals surface area contributed by atoms with Crippen molar-refractivity contribution < 1.29 is 5.11 Å². The number of hydrogen-bond donors (Lipinski definition) is 2. The molecule has 0 fully saturated rings. The van der Waals surface area contributed by atoms with Gasteiger partial charge in [-0.1, -0.05) is 45.4 Å². The zero-order valence-corrected chi connectivity index (χ0v) is 13.5. The standard InChI is InChI=1S/C17H22ClNO/c1-6-13-14(17(3,4)5)16(20)15(19-13)12-9-11(18)8-7-10(12)2/h7-9,19-20H,6H2,1-5H3. The molecule has 0 amide bonds. The minimum atomic E-state index is -0.101. The van der Waals surface area contributed by atoms with E-state index >= 15 is 0 Å². The van der Waals surface area contributed by atoms with Gasteiger partial charge in [-0.15, -0.1) is 0 Å². The fourth-order valence-corrected chi connectivity index (χ4v) is 2.84. The van der Waals surface area contributed by atoms with Crippen LogP contribution in [0.1, 0.15) is 44.5 Å². The van der Waals surface area contributed by atoms with Crippen molar-refractivity contribution in [2.75, 3.05) is 0 Å². The van der Waals surface area contributed by atoms with Crippen molar-refractivity contribution in [3.8, 4) is 17.0 Å². The average molecular weight is 292 g/mol. The highest BCUT2D eigenvalue weighted by Gasteiger charge is 2.27. The SMILES string of the molecule is CCc1[nH]c(-c2cc(Cl)ccc2C)c(O)c1C(C)(C)C. The average Bonchev–Trinajstić information content (AvgIpc) is 2.69. The number of nitrogens with one attached hydrogen (secondary N) is 1. The van der Waals surface area contributed by atoms with E-state index in [1.54, 1.807) is 0 Å². The number of rotatable bonds is 2. The van der Waals surface area contributed by atoms with Crippen LogP contribution in [0.5, 0.6) is 5.75 Å². The molecule has 108 valence electrons. The number of aryl methyl sites for hydroxylation is 2. The summed E-state index contributed by atoms with van der Waals surface area (Å²) >= 11 is 6.09. The van der Waals surface area contributed by atoms with Crippen LogP contribution in [0, 0.1) is 6.92 Å². The maximum atomic E-state index is 10.7. The summed E-state index contributed by atoms with van der Waals surface area (Å²) in [6, 6.07) is 5.74. The first kappa shape index (κ1) is 15.0. The maximum Gasteiger partial charge on any atom is 0.145 e. The van der Waals surface area contributed by atoms with E-state index in [0.717, 1.165) is 34.5 Å². The third kappa shape index (κ3) is 2.57. The lowest BCUT2D eigenvalue weighted by Gasteiger charge is -2.19. The van der Waals surface area contributed by atoms with Crippen molar-refractivity contribution in [3.05, 3.63) is 40.0 Å². The Morgan fingerprint density at radius 1 is 1.25 bits per heavy atom. The van der Waals surface area contributed by atoms with Crippen molar-refractivity contribution >= 4 is 11.6 Å². The molecule has 0 unspecified atom stereocenters. The smallest absolute Gasteiger partial charge is 0.145 e. The Labute approximate surface area is 125 Å². The fraction of sp³-hybridized carbons (Fsp3) is 0.412. The van der Waals surface area contributed by atoms with Crippen LogP contribution in [0.3, 0.4) is 0 Å². The minimum absolute atomic E-state index is 0.101. The monoisotopic (exact) mass is 291 g/mol. The van der Waals surface area contributed by atoms with E-state index in [4.69, 9.17) is 11.6 Å². The van der Waals surface area contributed by atoms with E-state index in [1.807, 2.05) is 25.1 Å². The second kappa shape index (κ2) is 5.17. The molecule has 2 nitrogen and oxygen atoms in total. The van der Waals surface area contributed by atoms with E-state index < -0.39 is 0 Å². The third-order valence-corrected chi connectivity index (χ3v) is 3.86.